The van der Waals surface area contributed by atoms with Gasteiger partial charge in [0, 0.05) is 31.4 Å². The van der Waals surface area contributed by atoms with E-state index >= 15 is 0 Å². The van der Waals surface area contributed by atoms with Crippen molar-refractivity contribution in [2.24, 2.45) is 0 Å². The Balaban J connectivity index is 2.33. The van der Waals surface area contributed by atoms with Gasteiger partial charge in [0.1, 0.15) is 6.04 Å². The summed E-state index contributed by atoms with van der Waals surface area (Å²) in [6, 6.07) is 7.65. The van der Waals surface area contributed by atoms with Crippen molar-refractivity contribution in [2.45, 2.75) is 38.6 Å². The molecule has 0 saturated heterocycles. The topological polar surface area (TPSA) is 53.3 Å². The summed E-state index contributed by atoms with van der Waals surface area (Å²) in [6.07, 6.45) is 0.737. The monoisotopic (exact) mass is 286 g/mol. The number of nitriles is 1. The summed E-state index contributed by atoms with van der Waals surface area (Å²) in [5.74, 6) is -0.0480. The lowest BCUT2D eigenvalue weighted by atomic mass is 9.85. The zero-order valence-corrected chi connectivity index (χ0v) is 13.1. The van der Waals surface area contributed by atoms with E-state index in [-0.39, 0.29) is 11.3 Å². The van der Waals surface area contributed by atoms with Crippen LogP contribution in [0.3, 0.4) is 0 Å². The Morgan fingerprint density at radius 3 is 2.67 bits per heavy atom. The maximum atomic E-state index is 12.5. The van der Waals surface area contributed by atoms with Crippen molar-refractivity contribution in [1.82, 2.24) is 4.90 Å². The molecule has 21 heavy (non-hydrogen) atoms. The van der Waals surface area contributed by atoms with E-state index in [0.29, 0.717) is 18.7 Å². The van der Waals surface area contributed by atoms with Crippen molar-refractivity contribution in [3.8, 4) is 6.07 Å². The number of hydrogen-bond donors (Lipinski definition) is 0. The van der Waals surface area contributed by atoms with Crippen LogP contribution < -0.4 is 0 Å². The van der Waals surface area contributed by atoms with Gasteiger partial charge in [-0.25, -0.2) is 0 Å². The molecule has 1 heterocycles. The second kappa shape index (κ2) is 5.87. The van der Waals surface area contributed by atoms with Crippen molar-refractivity contribution in [1.29, 1.82) is 5.26 Å². The number of nitrogens with zero attached hydrogens (tertiary/aromatic N) is 2. The predicted molar refractivity (Wildman–Crippen MR) is 81.0 cm³/mol. The first-order valence-corrected chi connectivity index (χ1v) is 7.24. The molecule has 4 nitrogen and oxygen atoms in total. The van der Waals surface area contributed by atoms with Crippen molar-refractivity contribution in [3.63, 3.8) is 0 Å². The first kappa shape index (κ1) is 15.5. The van der Waals surface area contributed by atoms with Crippen LogP contribution in [0.15, 0.2) is 18.2 Å². The van der Waals surface area contributed by atoms with Gasteiger partial charge in [0.15, 0.2) is 0 Å². The second-order valence-corrected chi connectivity index (χ2v) is 6.43. The Morgan fingerprint density at radius 1 is 1.38 bits per heavy atom. The average Bonchev–Trinajstić information content (AvgIpc) is 2.70. The average molecular weight is 286 g/mol. The van der Waals surface area contributed by atoms with Crippen LogP contribution in [-0.4, -0.2) is 31.1 Å². The molecular formula is C17H22N2O2. The van der Waals surface area contributed by atoms with Gasteiger partial charge >= 0.3 is 0 Å². The number of hydrogen-bond acceptors (Lipinski definition) is 3. The van der Waals surface area contributed by atoms with Gasteiger partial charge < -0.3 is 9.64 Å². The van der Waals surface area contributed by atoms with Crippen molar-refractivity contribution < 1.29 is 9.53 Å². The van der Waals surface area contributed by atoms with Crippen LogP contribution in [0.4, 0.5) is 0 Å². The third-order valence-electron chi connectivity index (χ3n) is 3.88. The van der Waals surface area contributed by atoms with Crippen molar-refractivity contribution >= 4 is 5.91 Å². The number of carbonyl (C=O) groups excluding carboxylic acids is 1. The van der Waals surface area contributed by atoms with Gasteiger partial charge in [-0.1, -0.05) is 32.9 Å². The van der Waals surface area contributed by atoms with E-state index in [1.54, 1.807) is 12.0 Å². The molecular weight excluding hydrogens is 264 g/mol. The van der Waals surface area contributed by atoms with E-state index in [0.717, 1.165) is 17.5 Å². The minimum absolute atomic E-state index is 0.00154. The predicted octanol–water partition coefficient (Wildman–Crippen LogP) is 3.04. The fourth-order valence-corrected chi connectivity index (χ4v) is 2.64. The molecule has 1 unspecified atom stereocenters. The molecule has 112 valence electrons. The highest BCUT2D eigenvalue weighted by Crippen LogP contribution is 2.36. The fraction of sp³-hybridized carbons (Fsp3) is 0.529. The Labute approximate surface area is 126 Å². The largest absolute Gasteiger partial charge is 0.385 e. The number of methoxy groups -OCH3 is 1. The lowest BCUT2D eigenvalue weighted by Gasteiger charge is -2.21. The van der Waals surface area contributed by atoms with Crippen LogP contribution in [0, 0.1) is 11.3 Å². The summed E-state index contributed by atoms with van der Waals surface area (Å²) in [6.45, 7) is 7.52. The van der Waals surface area contributed by atoms with Gasteiger partial charge in [-0.3, -0.25) is 4.79 Å². The Morgan fingerprint density at radius 2 is 2.10 bits per heavy atom. The SMILES string of the molecule is COCCCN1C(=O)c2ccc(C(C)(C)C)cc2C1C#N. The molecule has 0 bridgehead atoms. The second-order valence-electron chi connectivity index (χ2n) is 6.43. The van der Waals surface area contributed by atoms with Crippen LogP contribution in [0.25, 0.3) is 0 Å². The zero-order valence-electron chi connectivity index (χ0n) is 13.1. The van der Waals surface area contributed by atoms with Gasteiger partial charge in [-0.05, 0) is 23.5 Å². The number of benzene rings is 1. The fourth-order valence-electron chi connectivity index (χ4n) is 2.64. The molecule has 1 aromatic carbocycles. The highest BCUT2D eigenvalue weighted by Gasteiger charge is 2.37. The smallest absolute Gasteiger partial charge is 0.255 e. The van der Waals surface area contributed by atoms with E-state index in [2.05, 4.69) is 26.8 Å². The summed E-state index contributed by atoms with van der Waals surface area (Å²) < 4.78 is 5.03. The molecule has 4 heteroatoms. The number of amides is 1. The summed E-state index contributed by atoms with van der Waals surface area (Å²) >= 11 is 0. The van der Waals surface area contributed by atoms with E-state index in [9.17, 15) is 10.1 Å². The Bertz CT molecular complexity index is 581. The first-order valence-electron chi connectivity index (χ1n) is 7.24. The lowest BCUT2D eigenvalue weighted by molar-refractivity contribution is 0.0737. The van der Waals surface area contributed by atoms with Crippen LogP contribution in [0.1, 0.15) is 54.7 Å². The summed E-state index contributed by atoms with van der Waals surface area (Å²) in [5.41, 5.74) is 2.65. The zero-order chi connectivity index (χ0) is 15.6. The van der Waals surface area contributed by atoms with Crippen LogP contribution >= 0.6 is 0 Å². The summed E-state index contributed by atoms with van der Waals surface area (Å²) in [7, 11) is 1.64. The van der Waals surface area contributed by atoms with E-state index in [1.807, 2.05) is 18.2 Å². The van der Waals surface area contributed by atoms with E-state index in [4.69, 9.17) is 4.74 Å². The minimum atomic E-state index is -0.480. The molecule has 1 aliphatic rings. The van der Waals surface area contributed by atoms with Gasteiger partial charge in [-0.15, -0.1) is 0 Å². The number of fused-ring (bicyclic) bond motifs is 1. The van der Waals surface area contributed by atoms with Gasteiger partial charge in [0.05, 0.1) is 6.07 Å². The van der Waals surface area contributed by atoms with Gasteiger partial charge in [-0.2, -0.15) is 5.26 Å². The standard InChI is InChI=1S/C17H22N2O2/c1-17(2,3)12-6-7-13-14(10-12)15(11-18)19(16(13)20)8-5-9-21-4/h6-7,10,15H,5,8-9H2,1-4H3. The lowest BCUT2D eigenvalue weighted by Crippen LogP contribution is -2.29. The number of carbonyl (C=O) groups is 1. The quantitative estimate of drug-likeness (QED) is 0.799. The maximum Gasteiger partial charge on any atom is 0.255 e. The van der Waals surface area contributed by atoms with Crippen molar-refractivity contribution in [3.05, 3.63) is 34.9 Å². The molecule has 0 saturated carbocycles. The molecule has 0 radical (unpaired) electrons. The molecule has 0 spiro atoms. The van der Waals surface area contributed by atoms with Crippen LogP contribution in [0.2, 0.25) is 0 Å². The molecule has 1 atom stereocenters. The Hall–Kier alpha value is -1.86. The molecule has 1 aromatic rings. The highest BCUT2D eigenvalue weighted by atomic mass is 16.5. The number of ether oxygens (including phenoxy) is 1. The molecule has 1 aliphatic heterocycles. The number of rotatable bonds is 4. The Kier molecular flexibility index (Phi) is 4.34. The third-order valence-corrected chi connectivity index (χ3v) is 3.88. The van der Waals surface area contributed by atoms with Gasteiger partial charge in [0.25, 0.3) is 5.91 Å². The molecule has 0 N–H and O–H groups in total. The normalized spacial score (nSPS) is 17.8. The molecule has 0 aliphatic carbocycles. The molecule has 0 aromatic heterocycles. The minimum Gasteiger partial charge on any atom is -0.385 e. The van der Waals surface area contributed by atoms with Crippen LogP contribution in [0.5, 0.6) is 0 Å². The third kappa shape index (κ3) is 2.93. The maximum absolute atomic E-state index is 12.5. The summed E-state index contributed by atoms with van der Waals surface area (Å²) in [4.78, 5) is 14.1. The first-order chi connectivity index (χ1) is 9.90. The van der Waals surface area contributed by atoms with E-state index in [1.165, 1.54) is 0 Å². The van der Waals surface area contributed by atoms with E-state index < -0.39 is 6.04 Å². The van der Waals surface area contributed by atoms with Crippen LogP contribution in [-0.2, 0) is 10.2 Å². The molecule has 2 rings (SSSR count). The summed E-state index contributed by atoms with van der Waals surface area (Å²) in [5, 5.41) is 9.48. The highest BCUT2D eigenvalue weighted by molar-refractivity contribution is 5.99. The van der Waals surface area contributed by atoms with Crippen molar-refractivity contribution in [2.75, 3.05) is 20.3 Å². The van der Waals surface area contributed by atoms with Gasteiger partial charge in [0.2, 0.25) is 0 Å². The molecule has 1 amide bonds. The molecule has 0 fully saturated rings.